The molecule has 1 aliphatic carbocycles. The molecule has 0 aromatic carbocycles. The van der Waals surface area contributed by atoms with Gasteiger partial charge < -0.3 is 20.6 Å². The Hall–Kier alpha value is -0.160. The van der Waals surface area contributed by atoms with Crippen molar-refractivity contribution in [3.05, 3.63) is 0 Å². The second kappa shape index (κ2) is 6.69. The van der Waals surface area contributed by atoms with Crippen molar-refractivity contribution in [3.8, 4) is 0 Å². The number of aliphatic hydroxyl groups excluding tert-OH is 1. The van der Waals surface area contributed by atoms with Crippen LogP contribution in [0.2, 0.25) is 0 Å². The van der Waals surface area contributed by atoms with E-state index in [4.69, 9.17) is 5.73 Å². The average molecular weight is 243 g/mol. The highest BCUT2D eigenvalue weighted by molar-refractivity contribution is 4.96. The SMILES string of the molecule is CCN(CCCN(C)C)C1CCC(N)(CO)C1. The van der Waals surface area contributed by atoms with Gasteiger partial charge in [0.05, 0.1) is 6.61 Å². The van der Waals surface area contributed by atoms with Gasteiger partial charge in [0, 0.05) is 11.6 Å². The highest BCUT2D eigenvalue weighted by Crippen LogP contribution is 2.30. The second-order valence-electron chi connectivity index (χ2n) is 5.70. The largest absolute Gasteiger partial charge is 0.394 e. The molecule has 0 radical (unpaired) electrons. The van der Waals surface area contributed by atoms with Crippen molar-refractivity contribution in [2.45, 2.75) is 44.2 Å². The van der Waals surface area contributed by atoms with Gasteiger partial charge in [0.1, 0.15) is 0 Å². The molecule has 0 bridgehead atoms. The van der Waals surface area contributed by atoms with E-state index in [9.17, 15) is 5.11 Å². The first kappa shape index (κ1) is 14.9. The van der Waals surface area contributed by atoms with E-state index < -0.39 is 0 Å². The van der Waals surface area contributed by atoms with Gasteiger partial charge >= 0.3 is 0 Å². The molecule has 0 heterocycles. The molecule has 2 unspecified atom stereocenters. The number of nitrogens with two attached hydrogens (primary N) is 1. The van der Waals surface area contributed by atoms with Crippen LogP contribution in [0, 0.1) is 0 Å². The quantitative estimate of drug-likeness (QED) is 0.684. The van der Waals surface area contributed by atoms with Crippen molar-refractivity contribution in [3.63, 3.8) is 0 Å². The third-order valence-corrected chi connectivity index (χ3v) is 3.91. The third-order valence-electron chi connectivity index (χ3n) is 3.91. The Bertz CT molecular complexity index is 223. The van der Waals surface area contributed by atoms with Crippen LogP contribution in [-0.4, -0.2) is 66.8 Å². The van der Waals surface area contributed by atoms with Crippen LogP contribution in [0.5, 0.6) is 0 Å². The van der Waals surface area contributed by atoms with Crippen molar-refractivity contribution in [2.24, 2.45) is 5.73 Å². The van der Waals surface area contributed by atoms with E-state index in [0.29, 0.717) is 6.04 Å². The lowest BCUT2D eigenvalue weighted by Crippen LogP contribution is -2.44. The van der Waals surface area contributed by atoms with Gasteiger partial charge in [-0.2, -0.15) is 0 Å². The van der Waals surface area contributed by atoms with E-state index in [1.54, 1.807) is 0 Å². The molecule has 102 valence electrons. The second-order valence-corrected chi connectivity index (χ2v) is 5.70. The molecule has 0 aromatic rings. The molecule has 1 rings (SSSR count). The lowest BCUT2D eigenvalue weighted by Gasteiger charge is -2.29. The van der Waals surface area contributed by atoms with Crippen molar-refractivity contribution < 1.29 is 5.11 Å². The zero-order valence-electron chi connectivity index (χ0n) is 11.7. The smallest absolute Gasteiger partial charge is 0.0611 e. The average Bonchev–Trinajstić information content (AvgIpc) is 2.68. The lowest BCUT2D eigenvalue weighted by molar-refractivity contribution is 0.166. The summed E-state index contributed by atoms with van der Waals surface area (Å²) in [7, 11) is 4.23. The van der Waals surface area contributed by atoms with Crippen LogP contribution < -0.4 is 5.73 Å². The van der Waals surface area contributed by atoms with Gasteiger partial charge in [-0.05, 0) is 59.4 Å². The van der Waals surface area contributed by atoms with Crippen LogP contribution in [0.1, 0.15) is 32.6 Å². The van der Waals surface area contributed by atoms with Crippen molar-refractivity contribution in [1.82, 2.24) is 9.80 Å². The van der Waals surface area contributed by atoms with E-state index in [1.807, 2.05) is 0 Å². The minimum Gasteiger partial charge on any atom is -0.394 e. The summed E-state index contributed by atoms with van der Waals surface area (Å²) in [5.41, 5.74) is 5.81. The molecule has 0 saturated heterocycles. The summed E-state index contributed by atoms with van der Waals surface area (Å²) >= 11 is 0. The third kappa shape index (κ3) is 4.54. The first-order chi connectivity index (χ1) is 8.00. The Balaban J connectivity index is 2.36. The van der Waals surface area contributed by atoms with Crippen LogP contribution in [-0.2, 0) is 0 Å². The van der Waals surface area contributed by atoms with Gasteiger partial charge in [-0.15, -0.1) is 0 Å². The van der Waals surface area contributed by atoms with E-state index in [2.05, 4.69) is 30.8 Å². The fourth-order valence-electron chi connectivity index (χ4n) is 2.77. The zero-order chi connectivity index (χ0) is 12.9. The van der Waals surface area contributed by atoms with E-state index in [-0.39, 0.29) is 12.1 Å². The summed E-state index contributed by atoms with van der Waals surface area (Å²) in [4.78, 5) is 4.75. The van der Waals surface area contributed by atoms with Crippen LogP contribution in [0.25, 0.3) is 0 Å². The van der Waals surface area contributed by atoms with Gasteiger partial charge in [0.15, 0.2) is 0 Å². The van der Waals surface area contributed by atoms with Gasteiger partial charge in [0.2, 0.25) is 0 Å². The summed E-state index contributed by atoms with van der Waals surface area (Å²) < 4.78 is 0. The molecule has 17 heavy (non-hydrogen) atoms. The number of aliphatic hydroxyl groups is 1. The predicted octanol–water partition coefficient (Wildman–Crippen LogP) is 0.502. The van der Waals surface area contributed by atoms with Crippen LogP contribution in [0.3, 0.4) is 0 Å². The molecular weight excluding hydrogens is 214 g/mol. The normalized spacial score (nSPS) is 29.5. The van der Waals surface area contributed by atoms with Gasteiger partial charge in [0.25, 0.3) is 0 Å². The molecule has 1 fully saturated rings. The van der Waals surface area contributed by atoms with Gasteiger partial charge in [-0.3, -0.25) is 0 Å². The van der Waals surface area contributed by atoms with Crippen LogP contribution >= 0.6 is 0 Å². The number of hydrogen-bond acceptors (Lipinski definition) is 4. The topological polar surface area (TPSA) is 52.7 Å². The fraction of sp³-hybridized carbons (Fsp3) is 1.00. The lowest BCUT2D eigenvalue weighted by atomic mass is 10.0. The number of nitrogens with zero attached hydrogens (tertiary/aromatic N) is 2. The summed E-state index contributed by atoms with van der Waals surface area (Å²) in [6.07, 6.45) is 4.23. The summed E-state index contributed by atoms with van der Waals surface area (Å²) in [6.45, 7) is 5.70. The molecular formula is C13H29N3O. The molecule has 0 aromatic heterocycles. The van der Waals surface area contributed by atoms with E-state index in [1.165, 1.54) is 6.42 Å². The number of rotatable bonds is 7. The molecule has 0 spiro atoms. The molecule has 4 nitrogen and oxygen atoms in total. The van der Waals surface area contributed by atoms with Crippen molar-refractivity contribution >= 4 is 0 Å². The monoisotopic (exact) mass is 243 g/mol. The minimum atomic E-state index is -0.320. The number of hydrogen-bond donors (Lipinski definition) is 2. The zero-order valence-corrected chi connectivity index (χ0v) is 11.7. The van der Waals surface area contributed by atoms with Crippen molar-refractivity contribution in [1.29, 1.82) is 0 Å². The molecule has 0 amide bonds. The van der Waals surface area contributed by atoms with Gasteiger partial charge in [-0.25, -0.2) is 0 Å². The maximum atomic E-state index is 9.30. The molecule has 0 aliphatic heterocycles. The fourth-order valence-corrected chi connectivity index (χ4v) is 2.77. The molecule has 1 saturated carbocycles. The summed E-state index contributed by atoms with van der Waals surface area (Å²) in [5.74, 6) is 0. The Morgan fingerprint density at radius 2 is 2.06 bits per heavy atom. The van der Waals surface area contributed by atoms with Gasteiger partial charge in [-0.1, -0.05) is 6.92 Å². The van der Waals surface area contributed by atoms with E-state index >= 15 is 0 Å². The predicted molar refractivity (Wildman–Crippen MR) is 72.1 cm³/mol. The Morgan fingerprint density at radius 1 is 1.35 bits per heavy atom. The maximum Gasteiger partial charge on any atom is 0.0611 e. The highest BCUT2D eigenvalue weighted by Gasteiger charge is 2.37. The molecule has 4 heteroatoms. The standard InChI is InChI=1S/C13H29N3O/c1-4-16(9-5-8-15(2)3)12-6-7-13(14,10-12)11-17/h12,17H,4-11,14H2,1-3H3. The molecule has 1 aliphatic rings. The Morgan fingerprint density at radius 3 is 2.53 bits per heavy atom. The maximum absolute atomic E-state index is 9.30. The molecule has 2 atom stereocenters. The summed E-state index contributed by atoms with van der Waals surface area (Å²) in [5, 5.41) is 9.30. The van der Waals surface area contributed by atoms with E-state index in [0.717, 1.165) is 38.9 Å². The summed E-state index contributed by atoms with van der Waals surface area (Å²) in [6, 6.07) is 0.569. The Labute approximate surface area is 106 Å². The Kier molecular flexibility index (Phi) is 5.86. The minimum absolute atomic E-state index is 0.124. The molecule has 3 N–H and O–H groups in total. The van der Waals surface area contributed by atoms with Crippen molar-refractivity contribution in [2.75, 3.05) is 40.3 Å². The first-order valence-electron chi connectivity index (χ1n) is 6.79. The van der Waals surface area contributed by atoms with Crippen LogP contribution in [0.4, 0.5) is 0 Å². The highest BCUT2D eigenvalue weighted by atomic mass is 16.3. The van der Waals surface area contributed by atoms with Crippen LogP contribution in [0.15, 0.2) is 0 Å². The first-order valence-corrected chi connectivity index (χ1v) is 6.79.